The highest BCUT2D eigenvalue weighted by molar-refractivity contribution is 5.24. The molecule has 1 nitrogen and oxygen atoms in total. The molecule has 0 N–H and O–H groups in total. The first-order valence-corrected chi connectivity index (χ1v) is 3.67. The lowest BCUT2D eigenvalue weighted by atomic mass is 9.87. The topological polar surface area (TPSA) is 13.1 Å². The van der Waals surface area contributed by atoms with Crippen molar-refractivity contribution in [1.82, 2.24) is 0 Å². The van der Waals surface area contributed by atoms with Gasteiger partial charge < -0.3 is 4.42 Å². The first-order chi connectivity index (χ1) is 4.91. The molecule has 0 amide bonds. The lowest BCUT2D eigenvalue weighted by molar-refractivity contribution is 0.344. The van der Waals surface area contributed by atoms with Gasteiger partial charge in [0, 0.05) is 11.6 Å². The average Bonchev–Trinajstić information content (AvgIpc) is 2.08. The smallest absolute Gasteiger partial charge is 0.278 e. The molecule has 0 radical (unpaired) electrons. The van der Waals surface area contributed by atoms with E-state index in [0.717, 1.165) is 5.56 Å². The SMILES string of the molecule is Cc1oc(F)cc1C(C)(C)C. The highest BCUT2D eigenvalue weighted by atomic mass is 19.1. The van der Waals surface area contributed by atoms with Crippen LogP contribution in [0.15, 0.2) is 10.5 Å². The zero-order chi connectivity index (χ0) is 8.65. The molecule has 0 aliphatic rings. The molecule has 0 unspecified atom stereocenters. The second kappa shape index (κ2) is 2.36. The van der Waals surface area contributed by atoms with Crippen molar-refractivity contribution < 1.29 is 8.81 Å². The number of halogens is 1. The third kappa shape index (κ3) is 1.62. The van der Waals surface area contributed by atoms with Gasteiger partial charge >= 0.3 is 0 Å². The van der Waals surface area contributed by atoms with E-state index in [0.29, 0.717) is 5.76 Å². The Labute approximate surface area is 66.2 Å². The molecule has 0 aromatic carbocycles. The van der Waals surface area contributed by atoms with Crippen molar-refractivity contribution in [3.63, 3.8) is 0 Å². The van der Waals surface area contributed by atoms with Crippen LogP contribution in [0.4, 0.5) is 4.39 Å². The number of rotatable bonds is 0. The molecule has 1 aromatic heterocycles. The Balaban J connectivity index is 3.13. The maximum absolute atomic E-state index is 12.6. The van der Waals surface area contributed by atoms with E-state index >= 15 is 0 Å². The molecule has 1 aromatic rings. The molecule has 0 spiro atoms. The summed E-state index contributed by atoms with van der Waals surface area (Å²) in [5.41, 5.74) is 0.910. The van der Waals surface area contributed by atoms with Crippen LogP contribution in [0.3, 0.4) is 0 Å². The van der Waals surface area contributed by atoms with E-state index < -0.39 is 6.01 Å². The highest BCUT2D eigenvalue weighted by Crippen LogP contribution is 2.27. The van der Waals surface area contributed by atoms with Crippen LogP contribution in [0.1, 0.15) is 32.1 Å². The summed E-state index contributed by atoms with van der Waals surface area (Å²) >= 11 is 0. The highest BCUT2D eigenvalue weighted by Gasteiger charge is 2.20. The fraction of sp³-hybridized carbons (Fsp3) is 0.556. The molecule has 0 aliphatic carbocycles. The molecule has 1 rings (SSSR count). The Morgan fingerprint density at radius 2 is 1.91 bits per heavy atom. The Morgan fingerprint density at radius 1 is 1.36 bits per heavy atom. The molecule has 62 valence electrons. The molecular formula is C9H13FO. The summed E-state index contributed by atoms with van der Waals surface area (Å²) in [6.45, 7) is 7.88. The number of hydrogen-bond acceptors (Lipinski definition) is 1. The maximum atomic E-state index is 12.6. The number of hydrogen-bond donors (Lipinski definition) is 0. The fourth-order valence-electron chi connectivity index (χ4n) is 1.19. The van der Waals surface area contributed by atoms with Crippen molar-refractivity contribution in [1.29, 1.82) is 0 Å². The molecule has 0 aliphatic heterocycles. The Kier molecular flexibility index (Phi) is 1.78. The quantitative estimate of drug-likeness (QED) is 0.562. The van der Waals surface area contributed by atoms with Gasteiger partial charge in [0.1, 0.15) is 5.76 Å². The third-order valence-electron chi connectivity index (χ3n) is 1.70. The first kappa shape index (κ1) is 8.31. The minimum atomic E-state index is -0.493. The molecule has 2 heteroatoms. The third-order valence-corrected chi connectivity index (χ3v) is 1.70. The van der Waals surface area contributed by atoms with E-state index in [9.17, 15) is 4.39 Å². The summed E-state index contributed by atoms with van der Waals surface area (Å²) in [6.07, 6.45) is 0. The van der Waals surface area contributed by atoms with Gasteiger partial charge in [-0.25, -0.2) is 0 Å². The van der Waals surface area contributed by atoms with Crippen LogP contribution in [0.2, 0.25) is 0 Å². The largest absolute Gasteiger partial charge is 0.436 e. The molecule has 11 heavy (non-hydrogen) atoms. The van der Waals surface area contributed by atoms with E-state index in [1.165, 1.54) is 6.07 Å². The fourth-order valence-corrected chi connectivity index (χ4v) is 1.19. The van der Waals surface area contributed by atoms with Gasteiger partial charge in [-0.15, -0.1) is 0 Å². The van der Waals surface area contributed by atoms with E-state index in [1.54, 1.807) is 6.92 Å². The van der Waals surface area contributed by atoms with Crippen LogP contribution in [0.25, 0.3) is 0 Å². The summed E-state index contributed by atoms with van der Waals surface area (Å²) in [5, 5.41) is 0. The van der Waals surface area contributed by atoms with Crippen molar-refractivity contribution in [3.8, 4) is 0 Å². The zero-order valence-corrected chi connectivity index (χ0v) is 7.36. The van der Waals surface area contributed by atoms with E-state index in [2.05, 4.69) is 0 Å². The van der Waals surface area contributed by atoms with Crippen molar-refractivity contribution >= 4 is 0 Å². The van der Waals surface area contributed by atoms with Crippen LogP contribution < -0.4 is 0 Å². The summed E-state index contributed by atoms with van der Waals surface area (Å²) in [6, 6.07) is 0.961. The molecular weight excluding hydrogens is 143 g/mol. The predicted octanol–water partition coefficient (Wildman–Crippen LogP) is 3.02. The molecule has 0 fully saturated rings. The van der Waals surface area contributed by atoms with Crippen LogP contribution >= 0.6 is 0 Å². The Bertz CT molecular complexity index is 255. The molecule has 1 heterocycles. The van der Waals surface area contributed by atoms with Gasteiger partial charge in [-0.1, -0.05) is 20.8 Å². The Morgan fingerprint density at radius 3 is 2.09 bits per heavy atom. The van der Waals surface area contributed by atoms with Gasteiger partial charge in [0.25, 0.3) is 6.01 Å². The maximum Gasteiger partial charge on any atom is 0.278 e. The number of furan rings is 1. The molecule has 0 saturated carbocycles. The second-order valence-corrected chi connectivity index (χ2v) is 3.77. The van der Waals surface area contributed by atoms with Crippen LogP contribution in [-0.4, -0.2) is 0 Å². The van der Waals surface area contributed by atoms with Gasteiger partial charge in [0.05, 0.1) is 0 Å². The molecule has 0 atom stereocenters. The van der Waals surface area contributed by atoms with Crippen LogP contribution in [0.5, 0.6) is 0 Å². The summed E-state index contributed by atoms with van der Waals surface area (Å²) < 4.78 is 17.3. The van der Waals surface area contributed by atoms with Crippen molar-refractivity contribution in [3.05, 3.63) is 23.4 Å². The summed E-state index contributed by atoms with van der Waals surface area (Å²) in [4.78, 5) is 0. The first-order valence-electron chi connectivity index (χ1n) is 3.67. The minimum Gasteiger partial charge on any atom is -0.436 e. The van der Waals surface area contributed by atoms with Crippen molar-refractivity contribution in [2.45, 2.75) is 33.1 Å². The van der Waals surface area contributed by atoms with Crippen LogP contribution in [-0.2, 0) is 5.41 Å². The van der Waals surface area contributed by atoms with Gasteiger partial charge in [-0.3, -0.25) is 0 Å². The van der Waals surface area contributed by atoms with Gasteiger partial charge in [-0.2, -0.15) is 4.39 Å². The van der Waals surface area contributed by atoms with Crippen molar-refractivity contribution in [2.24, 2.45) is 0 Å². The monoisotopic (exact) mass is 156 g/mol. The van der Waals surface area contributed by atoms with Crippen molar-refractivity contribution in [2.75, 3.05) is 0 Å². The standard InChI is InChI=1S/C9H13FO/c1-6-7(9(2,3)4)5-8(10)11-6/h5H,1-4H3. The summed E-state index contributed by atoms with van der Waals surface area (Å²) in [5.74, 6) is 0.676. The summed E-state index contributed by atoms with van der Waals surface area (Å²) in [7, 11) is 0. The second-order valence-electron chi connectivity index (χ2n) is 3.77. The number of aryl methyl sites for hydroxylation is 1. The van der Waals surface area contributed by atoms with E-state index in [4.69, 9.17) is 4.42 Å². The molecule has 0 bridgehead atoms. The zero-order valence-electron chi connectivity index (χ0n) is 7.36. The predicted molar refractivity (Wildman–Crippen MR) is 42.1 cm³/mol. The van der Waals surface area contributed by atoms with E-state index in [1.807, 2.05) is 20.8 Å². The van der Waals surface area contributed by atoms with Gasteiger partial charge in [0.15, 0.2) is 0 Å². The average molecular weight is 156 g/mol. The Hall–Kier alpha value is -0.790. The molecule has 0 saturated heterocycles. The van der Waals surface area contributed by atoms with E-state index in [-0.39, 0.29) is 5.41 Å². The lowest BCUT2D eigenvalue weighted by Crippen LogP contribution is -2.10. The van der Waals surface area contributed by atoms with Gasteiger partial charge in [-0.05, 0) is 12.3 Å². The minimum absolute atomic E-state index is 0.0298. The van der Waals surface area contributed by atoms with Crippen LogP contribution in [0, 0.1) is 12.9 Å². The normalized spacial score (nSPS) is 12.1. The lowest BCUT2D eigenvalue weighted by Gasteiger charge is -2.16. The van der Waals surface area contributed by atoms with Gasteiger partial charge in [0.2, 0.25) is 0 Å².